The second-order valence-electron chi connectivity index (χ2n) is 4.70. The molecule has 0 aliphatic rings. The molecule has 0 radical (unpaired) electrons. The average molecular weight is 334 g/mol. The lowest BCUT2D eigenvalue weighted by molar-refractivity contribution is -0.116. The number of hydrogen-bond acceptors (Lipinski definition) is 4. The van der Waals surface area contributed by atoms with Gasteiger partial charge in [-0.1, -0.05) is 12.1 Å². The highest BCUT2D eigenvalue weighted by Crippen LogP contribution is 2.29. The zero-order chi connectivity index (χ0) is 17.4. The maximum Gasteiger partial charge on any atom is 0.387 e. The lowest BCUT2D eigenvalue weighted by Gasteiger charge is -2.10. The fourth-order valence-corrected chi connectivity index (χ4v) is 1.90. The normalized spacial score (nSPS) is 10.8. The quantitative estimate of drug-likeness (QED) is 0.791. The van der Waals surface area contributed by atoms with Crippen LogP contribution in [0.25, 0.3) is 6.08 Å². The number of rotatable bonds is 7. The van der Waals surface area contributed by atoms with Crippen LogP contribution in [0.5, 0.6) is 11.5 Å². The Morgan fingerprint density at radius 2 is 2.17 bits per heavy atom. The molecule has 0 unspecified atom stereocenters. The predicted molar refractivity (Wildman–Crippen MR) is 84.7 cm³/mol. The van der Waals surface area contributed by atoms with Crippen molar-refractivity contribution in [2.75, 3.05) is 7.11 Å². The van der Waals surface area contributed by atoms with Gasteiger partial charge in [0.05, 0.1) is 7.11 Å². The van der Waals surface area contributed by atoms with Crippen LogP contribution in [-0.2, 0) is 11.3 Å². The molecule has 1 N–H and O–H groups in total. The molecular formula is C17H16F2N2O3. The number of nitrogens with one attached hydrogen (secondary N) is 1. The highest BCUT2D eigenvalue weighted by atomic mass is 19.3. The van der Waals surface area contributed by atoms with Crippen molar-refractivity contribution in [3.8, 4) is 11.5 Å². The van der Waals surface area contributed by atoms with E-state index in [4.69, 9.17) is 4.74 Å². The van der Waals surface area contributed by atoms with Crippen LogP contribution in [0.1, 0.15) is 11.1 Å². The minimum atomic E-state index is -2.93. The number of benzene rings is 1. The Hall–Kier alpha value is -2.96. The van der Waals surface area contributed by atoms with Crippen LogP contribution in [-0.4, -0.2) is 24.6 Å². The van der Waals surface area contributed by atoms with Crippen molar-refractivity contribution < 1.29 is 23.0 Å². The number of alkyl halides is 2. The molecule has 0 saturated heterocycles. The Labute approximate surface area is 137 Å². The van der Waals surface area contributed by atoms with Gasteiger partial charge in [0.1, 0.15) is 0 Å². The van der Waals surface area contributed by atoms with Gasteiger partial charge < -0.3 is 14.8 Å². The van der Waals surface area contributed by atoms with Gasteiger partial charge in [-0.2, -0.15) is 8.78 Å². The maximum atomic E-state index is 12.3. The summed E-state index contributed by atoms with van der Waals surface area (Å²) in [6.45, 7) is -2.57. The molecule has 1 aromatic heterocycles. The molecule has 24 heavy (non-hydrogen) atoms. The third-order valence-electron chi connectivity index (χ3n) is 3.02. The minimum Gasteiger partial charge on any atom is -0.493 e. The van der Waals surface area contributed by atoms with E-state index in [0.717, 1.165) is 5.56 Å². The molecular weight excluding hydrogens is 318 g/mol. The number of hydrogen-bond donors (Lipinski definition) is 1. The minimum absolute atomic E-state index is 0.0642. The van der Waals surface area contributed by atoms with E-state index < -0.39 is 6.61 Å². The number of methoxy groups -OCH3 is 1. The SMILES string of the molecule is COc1cc(/C=C/C(=O)NCc2cccnc2)ccc1OC(F)F. The number of pyridine rings is 1. The number of nitrogens with zero attached hydrogens (tertiary/aromatic N) is 1. The predicted octanol–water partition coefficient (Wildman–Crippen LogP) is 3.02. The van der Waals surface area contributed by atoms with Gasteiger partial charge in [0.25, 0.3) is 0 Å². The van der Waals surface area contributed by atoms with E-state index >= 15 is 0 Å². The van der Waals surface area contributed by atoms with Crippen LogP contribution in [0.4, 0.5) is 8.78 Å². The van der Waals surface area contributed by atoms with E-state index in [0.29, 0.717) is 12.1 Å². The number of carbonyl (C=O) groups excluding carboxylic acids is 1. The molecule has 0 aliphatic carbocycles. The Bertz CT molecular complexity index is 706. The standard InChI is InChI=1S/C17H16F2N2O3/c1-23-15-9-12(4-6-14(15)24-17(18)19)5-7-16(22)21-11-13-3-2-8-20-10-13/h2-10,17H,11H2,1H3,(H,21,22)/b7-5+. The Morgan fingerprint density at radius 1 is 1.33 bits per heavy atom. The summed E-state index contributed by atoms with van der Waals surface area (Å²) in [6.07, 6.45) is 6.21. The first-order valence-corrected chi connectivity index (χ1v) is 7.06. The first kappa shape index (κ1) is 17.4. The van der Waals surface area contributed by atoms with Crippen molar-refractivity contribution in [1.82, 2.24) is 10.3 Å². The van der Waals surface area contributed by atoms with E-state index in [9.17, 15) is 13.6 Å². The Morgan fingerprint density at radius 3 is 2.83 bits per heavy atom. The molecule has 1 heterocycles. The molecule has 0 spiro atoms. The van der Waals surface area contributed by atoms with Gasteiger partial charge in [-0.15, -0.1) is 0 Å². The largest absolute Gasteiger partial charge is 0.493 e. The second-order valence-corrected chi connectivity index (χ2v) is 4.70. The molecule has 0 saturated carbocycles. The van der Waals surface area contributed by atoms with Crippen molar-refractivity contribution in [1.29, 1.82) is 0 Å². The number of halogens is 2. The van der Waals surface area contributed by atoms with Gasteiger partial charge >= 0.3 is 6.61 Å². The van der Waals surface area contributed by atoms with Crippen LogP contribution in [0.3, 0.4) is 0 Å². The maximum absolute atomic E-state index is 12.3. The lowest BCUT2D eigenvalue weighted by atomic mass is 10.2. The summed E-state index contributed by atoms with van der Waals surface area (Å²) in [4.78, 5) is 15.7. The molecule has 0 bridgehead atoms. The van der Waals surface area contributed by atoms with Crippen molar-refractivity contribution >= 4 is 12.0 Å². The highest BCUT2D eigenvalue weighted by Gasteiger charge is 2.10. The Balaban J connectivity index is 1.96. The first-order valence-electron chi connectivity index (χ1n) is 7.06. The molecule has 1 amide bonds. The topological polar surface area (TPSA) is 60.5 Å². The molecule has 1 aromatic carbocycles. The molecule has 0 fully saturated rings. The molecule has 2 aromatic rings. The van der Waals surface area contributed by atoms with Crippen LogP contribution in [0.15, 0.2) is 48.8 Å². The summed E-state index contributed by atoms with van der Waals surface area (Å²) < 4.78 is 33.9. The van der Waals surface area contributed by atoms with Crippen LogP contribution in [0.2, 0.25) is 0 Å². The van der Waals surface area contributed by atoms with Crippen LogP contribution >= 0.6 is 0 Å². The summed E-state index contributed by atoms with van der Waals surface area (Å²) in [7, 11) is 1.35. The zero-order valence-corrected chi connectivity index (χ0v) is 12.9. The summed E-state index contributed by atoms with van der Waals surface area (Å²) in [5.74, 6) is -0.190. The zero-order valence-electron chi connectivity index (χ0n) is 12.9. The summed E-state index contributed by atoms with van der Waals surface area (Å²) in [5, 5.41) is 2.71. The van der Waals surface area contributed by atoms with Gasteiger partial charge in [0.15, 0.2) is 11.5 Å². The number of carbonyl (C=O) groups is 1. The van der Waals surface area contributed by atoms with E-state index in [1.54, 1.807) is 30.6 Å². The number of amides is 1. The summed E-state index contributed by atoms with van der Waals surface area (Å²) in [5.41, 5.74) is 1.50. The molecule has 7 heteroatoms. The van der Waals surface area contributed by atoms with E-state index in [1.165, 1.54) is 25.3 Å². The van der Waals surface area contributed by atoms with Gasteiger partial charge in [-0.3, -0.25) is 9.78 Å². The molecule has 5 nitrogen and oxygen atoms in total. The molecule has 126 valence electrons. The molecule has 0 atom stereocenters. The Kier molecular flexibility index (Phi) is 6.24. The second kappa shape index (κ2) is 8.61. The van der Waals surface area contributed by atoms with Gasteiger partial charge in [-0.05, 0) is 35.4 Å². The van der Waals surface area contributed by atoms with Gasteiger partial charge in [-0.25, -0.2) is 0 Å². The fraction of sp³-hybridized carbons (Fsp3) is 0.176. The van der Waals surface area contributed by atoms with E-state index in [-0.39, 0.29) is 17.4 Å². The van der Waals surface area contributed by atoms with Crippen molar-refractivity contribution in [3.05, 3.63) is 59.9 Å². The van der Waals surface area contributed by atoms with Crippen LogP contribution in [0, 0.1) is 0 Å². The number of ether oxygens (including phenoxy) is 2. The van der Waals surface area contributed by atoms with Gasteiger partial charge in [0.2, 0.25) is 5.91 Å². The van der Waals surface area contributed by atoms with E-state index in [2.05, 4.69) is 15.0 Å². The smallest absolute Gasteiger partial charge is 0.387 e. The molecule has 2 rings (SSSR count). The van der Waals surface area contributed by atoms with E-state index in [1.807, 2.05) is 6.07 Å². The summed E-state index contributed by atoms with van der Waals surface area (Å²) in [6, 6.07) is 8.04. The average Bonchev–Trinajstić information content (AvgIpc) is 2.59. The monoisotopic (exact) mass is 334 g/mol. The van der Waals surface area contributed by atoms with Crippen molar-refractivity contribution in [2.24, 2.45) is 0 Å². The third-order valence-corrected chi connectivity index (χ3v) is 3.02. The number of aromatic nitrogens is 1. The van der Waals surface area contributed by atoms with Crippen molar-refractivity contribution in [2.45, 2.75) is 13.2 Å². The highest BCUT2D eigenvalue weighted by molar-refractivity contribution is 5.91. The lowest BCUT2D eigenvalue weighted by Crippen LogP contribution is -2.20. The van der Waals surface area contributed by atoms with Gasteiger partial charge in [0, 0.05) is 25.0 Å². The summed E-state index contributed by atoms with van der Waals surface area (Å²) >= 11 is 0. The fourth-order valence-electron chi connectivity index (χ4n) is 1.90. The molecule has 0 aliphatic heterocycles. The van der Waals surface area contributed by atoms with Crippen molar-refractivity contribution in [3.63, 3.8) is 0 Å². The van der Waals surface area contributed by atoms with Crippen LogP contribution < -0.4 is 14.8 Å². The third kappa shape index (κ3) is 5.35. The first-order chi connectivity index (χ1) is 11.6.